The van der Waals surface area contributed by atoms with E-state index in [0.29, 0.717) is 0 Å². The third-order valence-corrected chi connectivity index (χ3v) is 4.80. The molecule has 19 heavy (non-hydrogen) atoms. The summed E-state index contributed by atoms with van der Waals surface area (Å²) in [5.74, 6) is 2.52. The molecule has 1 N–H and O–H groups in total. The monoisotopic (exact) mass is 264 g/mol. The van der Waals surface area contributed by atoms with Crippen LogP contribution in [0.25, 0.3) is 0 Å². The van der Waals surface area contributed by atoms with Crippen LogP contribution in [-0.4, -0.2) is 37.1 Å². The molecule has 1 saturated heterocycles. The van der Waals surface area contributed by atoms with Crippen molar-refractivity contribution in [3.05, 3.63) is 11.6 Å². The Hall–Kier alpha value is -0.340. The maximum Gasteiger partial charge on any atom is 0.00387 e. The lowest BCUT2D eigenvalue weighted by molar-refractivity contribution is 0.262. The summed E-state index contributed by atoms with van der Waals surface area (Å²) in [7, 11) is 0. The first kappa shape index (κ1) is 15.1. The molecule has 0 amide bonds. The number of nitrogens with one attached hydrogen (secondary N) is 1. The zero-order valence-corrected chi connectivity index (χ0v) is 13.3. The highest BCUT2D eigenvalue weighted by Gasteiger charge is 2.24. The van der Waals surface area contributed by atoms with Gasteiger partial charge >= 0.3 is 0 Å². The fourth-order valence-electron chi connectivity index (χ4n) is 3.83. The average Bonchev–Trinajstić information content (AvgIpc) is 2.76. The Morgan fingerprint density at radius 1 is 1.32 bits per heavy atom. The van der Waals surface area contributed by atoms with Gasteiger partial charge in [0.1, 0.15) is 0 Å². The summed E-state index contributed by atoms with van der Waals surface area (Å²) in [6, 6.07) is 0.719. The van der Waals surface area contributed by atoms with Crippen molar-refractivity contribution in [3.63, 3.8) is 0 Å². The van der Waals surface area contributed by atoms with E-state index in [1.165, 1.54) is 45.4 Å². The highest BCUT2D eigenvalue weighted by atomic mass is 15.2. The van der Waals surface area contributed by atoms with Crippen molar-refractivity contribution in [2.45, 2.75) is 53.0 Å². The second-order valence-corrected chi connectivity index (χ2v) is 7.20. The van der Waals surface area contributed by atoms with Gasteiger partial charge in [0, 0.05) is 12.6 Å². The molecule has 0 radical (unpaired) electrons. The Kier molecular flexibility index (Phi) is 5.47. The van der Waals surface area contributed by atoms with Gasteiger partial charge in [-0.15, -0.1) is 0 Å². The van der Waals surface area contributed by atoms with Crippen LogP contribution in [-0.2, 0) is 0 Å². The third-order valence-electron chi connectivity index (χ3n) is 4.80. The second kappa shape index (κ2) is 6.90. The number of rotatable bonds is 5. The first-order valence-electron chi connectivity index (χ1n) is 8.16. The molecule has 110 valence electrons. The highest BCUT2D eigenvalue weighted by molar-refractivity contribution is 5.06. The zero-order chi connectivity index (χ0) is 13.8. The van der Waals surface area contributed by atoms with E-state index in [-0.39, 0.29) is 0 Å². The summed E-state index contributed by atoms with van der Waals surface area (Å²) >= 11 is 0. The predicted molar refractivity (Wildman–Crippen MR) is 83.3 cm³/mol. The lowest BCUT2D eigenvalue weighted by atomic mass is 9.83. The smallest absolute Gasteiger partial charge is 0.00387 e. The summed E-state index contributed by atoms with van der Waals surface area (Å²) in [5, 5.41) is 3.74. The van der Waals surface area contributed by atoms with E-state index in [9.17, 15) is 0 Å². The van der Waals surface area contributed by atoms with Gasteiger partial charge in [0.05, 0.1) is 0 Å². The molecule has 0 aromatic carbocycles. The first-order valence-corrected chi connectivity index (χ1v) is 8.16. The van der Waals surface area contributed by atoms with E-state index in [1.54, 1.807) is 5.57 Å². The van der Waals surface area contributed by atoms with Crippen LogP contribution < -0.4 is 5.32 Å². The summed E-state index contributed by atoms with van der Waals surface area (Å²) in [4.78, 5) is 2.61. The molecule has 0 spiro atoms. The molecular formula is C17H32N2. The van der Waals surface area contributed by atoms with E-state index >= 15 is 0 Å². The van der Waals surface area contributed by atoms with Crippen molar-refractivity contribution >= 4 is 0 Å². The molecule has 0 aromatic rings. The van der Waals surface area contributed by atoms with Crippen LogP contribution in [0.1, 0.15) is 47.0 Å². The molecule has 2 rings (SSSR count). The van der Waals surface area contributed by atoms with Crippen LogP contribution in [0.3, 0.4) is 0 Å². The minimum absolute atomic E-state index is 0.719. The van der Waals surface area contributed by atoms with E-state index in [2.05, 4.69) is 44.0 Å². The van der Waals surface area contributed by atoms with Crippen molar-refractivity contribution in [2.75, 3.05) is 26.2 Å². The Bertz CT molecular complexity index is 308. The lowest BCUT2D eigenvalue weighted by Gasteiger charge is -2.26. The van der Waals surface area contributed by atoms with Crippen molar-refractivity contribution in [2.24, 2.45) is 17.8 Å². The summed E-state index contributed by atoms with van der Waals surface area (Å²) in [6.45, 7) is 14.3. The first-order chi connectivity index (χ1) is 9.04. The largest absolute Gasteiger partial charge is 0.316 e. The number of nitrogens with zero attached hydrogens (tertiary/aromatic N) is 1. The van der Waals surface area contributed by atoms with E-state index in [1.807, 2.05) is 0 Å². The molecule has 0 bridgehead atoms. The van der Waals surface area contributed by atoms with Gasteiger partial charge in [0.25, 0.3) is 0 Å². The van der Waals surface area contributed by atoms with Crippen molar-refractivity contribution in [3.8, 4) is 0 Å². The van der Waals surface area contributed by atoms with Gasteiger partial charge in [-0.25, -0.2) is 0 Å². The second-order valence-electron chi connectivity index (χ2n) is 7.20. The SMILES string of the molecule is CC1=CC(C)CC(CNCC2CCN(C(C)C)C2)C1. The van der Waals surface area contributed by atoms with E-state index < -0.39 is 0 Å². The summed E-state index contributed by atoms with van der Waals surface area (Å²) in [6.07, 6.45) is 6.51. The molecule has 1 aliphatic carbocycles. The molecule has 3 atom stereocenters. The Balaban J connectivity index is 1.64. The van der Waals surface area contributed by atoms with Gasteiger partial charge in [-0.1, -0.05) is 18.6 Å². The molecule has 0 aromatic heterocycles. The van der Waals surface area contributed by atoms with Crippen LogP contribution >= 0.6 is 0 Å². The van der Waals surface area contributed by atoms with Crippen LogP contribution in [0, 0.1) is 17.8 Å². The fraction of sp³-hybridized carbons (Fsp3) is 0.882. The van der Waals surface area contributed by atoms with Crippen molar-refractivity contribution in [1.82, 2.24) is 10.2 Å². The third kappa shape index (κ3) is 4.61. The van der Waals surface area contributed by atoms with Crippen molar-refractivity contribution in [1.29, 1.82) is 0 Å². The summed E-state index contributed by atoms with van der Waals surface area (Å²) in [5.41, 5.74) is 1.59. The fourth-order valence-corrected chi connectivity index (χ4v) is 3.83. The molecule has 2 nitrogen and oxygen atoms in total. The van der Waals surface area contributed by atoms with Gasteiger partial charge in [-0.3, -0.25) is 0 Å². The average molecular weight is 264 g/mol. The lowest BCUT2D eigenvalue weighted by Crippen LogP contribution is -2.33. The standard InChI is InChI=1S/C17H32N2/c1-13(2)19-6-5-16(12-19)10-18-11-17-8-14(3)7-15(4)9-17/h7,13-14,16-18H,5-6,8-12H2,1-4H3. The Labute approximate surface area is 119 Å². The topological polar surface area (TPSA) is 15.3 Å². The molecule has 1 heterocycles. The van der Waals surface area contributed by atoms with Gasteiger partial charge in [-0.05, 0) is 77.4 Å². The number of hydrogen-bond donors (Lipinski definition) is 1. The van der Waals surface area contributed by atoms with E-state index in [4.69, 9.17) is 0 Å². The predicted octanol–water partition coefficient (Wildman–Crippen LogP) is 3.30. The zero-order valence-electron chi connectivity index (χ0n) is 13.3. The Morgan fingerprint density at radius 3 is 2.68 bits per heavy atom. The minimum atomic E-state index is 0.719. The minimum Gasteiger partial charge on any atom is -0.316 e. The van der Waals surface area contributed by atoms with Gasteiger partial charge in [0.2, 0.25) is 0 Å². The van der Waals surface area contributed by atoms with Crippen LogP contribution in [0.15, 0.2) is 11.6 Å². The van der Waals surface area contributed by atoms with E-state index in [0.717, 1.165) is 23.8 Å². The molecule has 1 fully saturated rings. The molecule has 0 saturated carbocycles. The van der Waals surface area contributed by atoms with Gasteiger partial charge in [-0.2, -0.15) is 0 Å². The molecule has 2 heteroatoms. The van der Waals surface area contributed by atoms with Crippen molar-refractivity contribution < 1.29 is 0 Å². The number of allylic oxidation sites excluding steroid dienone is 2. The quantitative estimate of drug-likeness (QED) is 0.767. The van der Waals surface area contributed by atoms with Gasteiger partial charge in [0.15, 0.2) is 0 Å². The maximum absolute atomic E-state index is 3.74. The van der Waals surface area contributed by atoms with Crippen LogP contribution in [0.4, 0.5) is 0 Å². The number of likely N-dealkylation sites (tertiary alicyclic amines) is 1. The van der Waals surface area contributed by atoms with Gasteiger partial charge < -0.3 is 10.2 Å². The molecule has 1 aliphatic heterocycles. The maximum atomic E-state index is 3.74. The van der Waals surface area contributed by atoms with Crippen LogP contribution in [0.2, 0.25) is 0 Å². The molecule has 2 aliphatic rings. The molecule has 3 unspecified atom stereocenters. The van der Waals surface area contributed by atoms with Crippen LogP contribution in [0.5, 0.6) is 0 Å². The number of hydrogen-bond acceptors (Lipinski definition) is 2. The summed E-state index contributed by atoms with van der Waals surface area (Å²) < 4.78 is 0. The normalized spacial score (nSPS) is 32.9. The highest BCUT2D eigenvalue weighted by Crippen LogP contribution is 2.27. The molecular weight excluding hydrogens is 232 g/mol. The Morgan fingerprint density at radius 2 is 2.05 bits per heavy atom.